The van der Waals surface area contributed by atoms with Gasteiger partial charge in [0.2, 0.25) is 5.91 Å². The molecule has 1 amide bonds. The number of halogens is 2. The monoisotopic (exact) mass is 550 g/mol. The van der Waals surface area contributed by atoms with Gasteiger partial charge in [-0.05, 0) is 73.2 Å². The number of nitrogens with one attached hydrogen (secondary N) is 2. The third-order valence-electron chi connectivity index (χ3n) is 6.32. The molecule has 6 nitrogen and oxygen atoms in total. The van der Waals surface area contributed by atoms with Gasteiger partial charge >= 0.3 is 0 Å². The van der Waals surface area contributed by atoms with Crippen LogP contribution in [-0.4, -0.2) is 27.4 Å². The van der Waals surface area contributed by atoms with Crippen LogP contribution in [0.15, 0.2) is 83.4 Å². The number of pyridine rings is 1. The Morgan fingerprint density at radius 3 is 2.65 bits per heavy atom. The fraction of sp³-hybridized carbons (Fsp3) is 0.179. The lowest BCUT2D eigenvalue weighted by Crippen LogP contribution is -2.32. The van der Waals surface area contributed by atoms with Gasteiger partial charge in [-0.2, -0.15) is 0 Å². The van der Waals surface area contributed by atoms with Gasteiger partial charge in [0.15, 0.2) is 5.11 Å². The molecular formula is C28H24Cl2N4O2S. The molecule has 188 valence electrons. The molecule has 9 heteroatoms. The summed E-state index contributed by atoms with van der Waals surface area (Å²) in [4.78, 5) is 19.4. The standard InChI is InChI=1S/C28H24Cl2N4O2S/c1-17-6-2-3-7-21(17)32-25(35)13-15-34-27(26(33-28(34)37)22-8-4-5-14-31-22)24-12-11-23(36-24)18-9-10-19(29)20(30)16-18/h2-12,14,16,26-27H,13,15H2,1H3,(H,32,35)(H,33,37)/t26-,27-/m1/s1. The van der Waals surface area contributed by atoms with Crippen molar-refractivity contribution in [3.8, 4) is 11.3 Å². The molecule has 4 aromatic rings. The second-order valence-electron chi connectivity index (χ2n) is 8.76. The first kappa shape index (κ1) is 25.3. The molecule has 0 spiro atoms. The van der Waals surface area contributed by atoms with E-state index in [0.29, 0.717) is 33.2 Å². The second-order valence-corrected chi connectivity index (χ2v) is 9.97. The molecular weight excluding hydrogens is 527 g/mol. The smallest absolute Gasteiger partial charge is 0.226 e. The van der Waals surface area contributed by atoms with Crippen molar-refractivity contribution in [1.82, 2.24) is 15.2 Å². The summed E-state index contributed by atoms with van der Waals surface area (Å²) in [7, 11) is 0. The number of hydrogen-bond donors (Lipinski definition) is 2. The highest BCUT2D eigenvalue weighted by atomic mass is 35.5. The van der Waals surface area contributed by atoms with Crippen LogP contribution < -0.4 is 10.6 Å². The van der Waals surface area contributed by atoms with E-state index in [1.807, 2.05) is 72.5 Å². The normalized spacial score (nSPS) is 17.1. The second kappa shape index (κ2) is 10.9. The highest BCUT2D eigenvalue weighted by molar-refractivity contribution is 7.80. The zero-order chi connectivity index (χ0) is 25.9. The molecule has 1 saturated heterocycles. The first-order chi connectivity index (χ1) is 17.9. The Bertz CT molecular complexity index is 1440. The van der Waals surface area contributed by atoms with E-state index >= 15 is 0 Å². The molecule has 2 aromatic carbocycles. The predicted octanol–water partition coefficient (Wildman–Crippen LogP) is 6.96. The number of furan rings is 1. The number of carbonyl (C=O) groups excluding carboxylic acids is 1. The summed E-state index contributed by atoms with van der Waals surface area (Å²) in [6, 6.07) is 22.1. The summed E-state index contributed by atoms with van der Waals surface area (Å²) in [5.41, 5.74) is 3.45. The molecule has 2 aromatic heterocycles. The summed E-state index contributed by atoms with van der Waals surface area (Å²) in [5.74, 6) is 1.26. The predicted molar refractivity (Wildman–Crippen MR) is 151 cm³/mol. The number of hydrogen-bond acceptors (Lipinski definition) is 4. The van der Waals surface area contributed by atoms with E-state index in [1.54, 1.807) is 18.3 Å². The van der Waals surface area contributed by atoms with Crippen molar-refractivity contribution in [2.45, 2.75) is 25.4 Å². The SMILES string of the molecule is Cc1ccccc1NC(=O)CCN1C(=S)N[C@H](c2ccccn2)[C@H]1c1ccc(-c2ccc(Cl)c(Cl)c2)o1. The lowest BCUT2D eigenvalue weighted by atomic mass is 10.0. The number of rotatable bonds is 7. The maximum Gasteiger partial charge on any atom is 0.226 e. The number of thiocarbonyl (C=S) groups is 1. The molecule has 1 aliphatic heterocycles. The van der Waals surface area contributed by atoms with Gasteiger partial charge in [-0.25, -0.2) is 0 Å². The van der Waals surface area contributed by atoms with Crippen LogP contribution in [0.1, 0.15) is 35.5 Å². The summed E-state index contributed by atoms with van der Waals surface area (Å²) >= 11 is 18.0. The van der Waals surface area contributed by atoms with Crippen LogP contribution in [0.5, 0.6) is 0 Å². The van der Waals surface area contributed by atoms with E-state index in [1.165, 1.54) is 0 Å². The van der Waals surface area contributed by atoms with E-state index in [4.69, 9.17) is 39.8 Å². The Balaban J connectivity index is 1.41. The molecule has 2 atom stereocenters. The molecule has 0 unspecified atom stereocenters. The first-order valence-electron chi connectivity index (χ1n) is 11.8. The molecule has 5 rings (SSSR count). The van der Waals surface area contributed by atoms with Gasteiger partial charge in [0.25, 0.3) is 0 Å². The van der Waals surface area contributed by atoms with Crippen LogP contribution in [0.2, 0.25) is 10.0 Å². The Hall–Kier alpha value is -3.39. The number of aryl methyl sites for hydroxylation is 1. The summed E-state index contributed by atoms with van der Waals surface area (Å²) < 4.78 is 6.33. The zero-order valence-corrected chi connectivity index (χ0v) is 22.3. The van der Waals surface area contributed by atoms with Gasteiger partial charge in [-0.15, -0.1) is 0 Å². The van der Waals surface area contributed by atoms with Gasteiger partial charge < -0.3 is 20.0 Å². The quantitative estimate of drug-likeness (QED) is 0.242. The van der Waals surface area contributed by atoms with Crippen molar-refractivity contribution in [3.05, 3.63) is 106 Å². The molecule has 3 heterocycles. The fourth-order valence-electron chi connectivity index (χ4n) is 4.42. The third kappa shape index (κ3) is 5.49. The number of nitrogens with zero attached hydrogens (tertiary/aromatic N) is 2. The minimum atomic E-state index is -0.301. The van der Waals surface area contributed by atoms with Crippen molar-refractivity contribution < 1.29 is 9.21 Å². The first-order valence-corrected chi connectivity index (χ1v) is 13.0. The van der Waals surface area contributed by atoms with Gasteiger partial charge in [0.1, 0.15) is 17.6 Å². The number of amides is 1. The summed E-state index contributed by atoms with van der Waals surface area (Å²) in [6.45, 7) is 2.37. The molecule has 2 N–H and O–H groups in total. The fourth-order valence-corrected chi connectivity index (χ4v) is 5.05. The summed E-state index contributed by atoms with van der Waals surface area (Å²) in [6.07, 6.45) is 2.00. The molecule has 0 aliphatic carbocycles. The average Bonchev–Trinajstić information content (AvgIpc) is 3.51. The van der Waals surface area contributed by atoms with Crippen LogP contribution in [-0.2, 0) is 4.79 Å². The van der Waals surface area contributed by atoms with Gasteiger partial charge in [0, 0.05) is 30.4 Å². The van der Waals surface area contributed by atoms with Gasteiger partial charge in [0.05, 0.1) is 21.8 Å². The van der Waals surface area contributed by atoms with Crippen LogP contribution >= 0.6 is 35.4 Å². The van der Waals surface area contributed by atoms with Crippen LogP contribution in [0.4, 0.5) is 5.69 Å². The average molecular weight is 551 g/mol. The van der Waals surface area contributed by atoms with E-state index in [2.05, 4.69) is 15.6 Å². The van der Waals surface area contributed by atoms with E-state index in [0.717, 1.165) is 22.5 Å². The Morgan fingerprint density at radius 2 is 1.89 bits per heavy atom. The number of benzene rings is 2. The van der Waals surface area contributed by atoms with Crippen molar-refractivity contribution in [3.63, 3.8) is 0 Å². The molecule has 0 bridgehead atoms. The number of aromatic nitrogens is 1. The third-order valence-corrected chi connectivity index (χ3v) is 7.41. The highest BCUT2D eigenvalue weighted by Crippen LogP contribution is 2.41. The van der Waals surface area contributed by atoms with Gasteiger partial charge in [-0.1, -0.05) is 47.5 Å². The van der Waals surface area contributed by atoms with Crippen molar-refractivity contribution in [2.24, 2.45) is 0 Å². The lowest BCUT2D eigenvalue weighted by Gasteiger charge is -2.26. The molecule has 37 heavy (non-hydrogen) atoms. The summed E-state index contributed by atoms with van der Waals surface area (Å²) in [5, 5.41) is 7.85. The minimum Gasteiger partial charge on any atom is -0.459 e. The maximum atomic E-state index is 12.8. The van der Waals surface area contributed by atoms with Crippen LogP contribution in [0.25, 0.3) is 11.3 Å². The number of anilines is 1. The van der Waals surface area contributed by atoms with E-state index in [9.17, 15) is 4.79 Å². The Kier molecular flexibility index (Phi) is 7.46. The van der Waals surface area contributed by atoms with E-state index < -0.39 is 0 Å². The number of carbonyl (C=O) groups is 1. The van der Waals surface area contributed by atoms with Crippen LogP contribution in [0, 0.1) is 6.92 Å². The largest absolute Gasteiger partial charge is 0.459 e. The van der Waals surface area contributed by atoms with Crippen molar-refractivity contribution in [2.75, 3.05) is 11.9 Å². The maximum absolute atomic E-state index is 12.8. The lowest BCUT2D eigenvalue weighted by molar-refractivity contribution is -0.116. The van der Waals surface area contributed by atoms with E-state index in [-0.39, 0.29) is 24.4 Å². The van der Waals surface area contributed by atoms with Crippen LogP contribution in [0.3, 0.4) is 0 Å². The topological polar surface area (TPSA) is 70.4 Å². The highest BCUT2D eigenvalue weighted by Gasteiger charge is 2.41. The van der Waals surface area contributed by atoms with Crippen molar-refractivity contribution >= 4 is 52.1 Å². The minimum absolute atomic E-state index is 0.0897. The molecule has 0 radical (unpaired) electrons. The van der Waals surface area contributed by atoms with Gasteiger partial charge in [-0.3, -0.25) is 9.78 Å². The molecule has 1 aliphatic rings. The van der Waals surface area contributed by atoms with Crippen molar-refractivity contribution in [1.29, 1.82) is 0 Å². The Morgan fingerprint density at radius 1 is 1.08 bits per heavy atom. The Labute approximate surface area is 230 Å². The number of para-hydroxylation sites is 1. The molecule has 0 saturated carbocycles. The zero-order valence-electron chi connectivity index (χ0n) is 19.9. The molecule has 1 fully saturated rings.